The zero-order chi connectivity index (χ0) is 23.5. The van der Waals surface area contributed by atoms with Gasteiger partial charge in [-0.3, -0.25) is 0 Å². The summed E-state index contributed by atoms with van der Waals surface area (Å²) in [7, 11) is 2.00. The molecule has 2 aliphatic rings. The molecule has 1 aliphatic carbocycles. The van der Waals surface area contributed by atoms with E-state index in [2.05, 4.69) is 42.8 Å². The fourth-order valence-corrected chi connectivity index (χ4v) is 5.07. The van der Waals surface area contributed by atoms with E-state index in [-0.39, 0.29) is 28.7 Å². The Balaban J connectivity index is 1.96. The fourth-order valence-electron chi connectivity index (χ4n) is 5.07. The Morgan fingerprint density at radius 1 is 1.25 bits per heavy atom. The highest BCUT2D eigenvalue weighted by molar-refractivity contribution is 6.08. The molecule has 32 heavy (non-hydrogen) atoms. The van der Waals surface area contributed by atoms with Gasteiger partial charge in [0.1, 0.15) is 23.8 Å². The molecule has 0 saturated heterocycles. The molecule has 1 aromatic heterocycles. The van der Waals surface area contributed by atoms with Crippen molar-refractivity contribution in [2.45, 2.75) is 52.5 Å². The lowest BCUT2D eigenvalue weighted by Gasteiger charge is -2.45. The molecule has 2 heterocycles. The van der Waals surface area contributed by atoms with Crippen LogP contribution < -0.4 is 10.6 Å². The molecule has 0 bridgehead atoms. The third-order valence-corrected chi connectivity index (χ3v) is 7.04. The van der Waals surface area contributed by atoms with Crippen molar-refractivity contribution in [3.05, 3.63) is 57.0 Å². The first-order valence-electron chi connectivity index (χ1n) is 10.6. The number of nitrogens with two attached hydrogens (primary N) is 1. The predicted molar refractivity (Wildman–Crippen MR) is 126 cm³/mol. The van der Waals surface area contributed by atoms with Gasteiger partial charge >= 0.3 is 0 Å². The molecule has 6 heteroatoms. The smallest absolute Gasteiger partial charge is 0.142 e. The Kier molecular flexibility index (Phi) is 4.86. The molecular formula is C26H26FN5. The summed E-state index contributed by atoms with van der Waals surface area (Å²) >= 11 is 0. The normalized spacial score (nSPS) is 20.1. The molecule has 0 spiro atoms. The maximum atomic E-state index is 15.3. The molecule has 0 radical (unpaired) electrons. The zero-order valence-electron chi connectivity index (χ0n) is 19.3. The lowest BCUT2D eigenvalue weighted by Crippen LogP contribution is -2.45. The minimum atomic E-state index is -0.325. The van der Waals surface area contributed by atoms with Gasteiger partial charge in [-0.15, -0.1) is 0 Å². The fraction of sp³-hybridized carbons (Fsp3) is 0.346. The number of hydrogen-bond donors (Lipinski definition) is 1. The summed E-state index contributed by atoms with van der Waals surface area (Å²) in [6, 6.07) is 7.82. The molecule has 5 nitrogen and oxygen atoms in total. The number of allylic oxidation sites excluding steroid dienone is 3. The maximum absolute atomic E-state index is 15.3. The standard InChI is InChI=1S/C26H26FN5/c1-13-10-26(4,5)32(6)22-9-21(27)16(7-17(13)22)8-18-14(2)19(11-28)24-23(18)15(3)20(12-29)25(30)31-24/h7-9,13H,10H2,1-6H3,(H2,30,31)/b18-8+. The summed E-state index contributed by atoms with van der Waals surface area (Å²) in [5.74, 6) is 0.0591. The number of fused-ring (bicyclic) bond motifs is 2. The zero-order valence-corrected chi connectivity index (χ0v) is 19.3. The molecule has 1 atom stereocenters. The summed E-state index contributed by atoms with van der Waals surface area (Å²) in [5.41, 5.74) is 12.2. The highest BCUT2D eigenvalue weighted by Gasteiger charge is 2.35. The minimum absolute atomic E-state index is 0.0549. The van der Waals surface area contributed by atoms with Crippen LogP contribution in [0.25, 0.3) is 17.2 Å². The van der Waals surface area contributed by atoms with E-state index in [4.69, 9.17) is 5.73 Å². The molecule has 1 aliphatic heterocycles. The van der Waals surface area contributed by atoms with Crippen molar-refractivity contribution in [2.24, 2.45) is 0 Å². The van der Waals surface area contributed by atoms with Crippen molar-refractivity contribution in [2.75, 3.05) is 17.7 Å². The van der Waals surface area contributed by atoms with Crippen LogP contribution in [0.2, 0.25) is 0 Å². The number of nitriles is 2. The van der Waals surface area contributed by atoms with E-state index in [1.807, 2.05) is 20.0 Å². The average Bonchev–Trinajstić information content (AvgIpc) is 2.98. The highest BCUT2D eigenvalue weighted by Crippen LogP contribution is 2.46. The SMILES string of the molecule is CC1=C(C#N)c2nc(N)c(C#N)c(C)c2/C1=C/c1cc2c(cc1F)N(C)C(C)(C)CC2C. The van der Waals surface area contributed by atoms with Crippen LogP contribution in [-0.2, 0) is 0 Å². The topological polar surface area (TPSA) is 89.7 Å². The first-order valence-corrected chi connectivity index (χ1v) is 10.6. The van der Waals surface area contributed by atoms with Crippen LogP contribution >= 0.6 is 0 Å². The predicted octanol–water partition coefficient (Wildman–Crippen LogP) is 5.56. The van der Waals surface area contributed by atoms with Crippen LogP contribution in [0.5, 0.6) is 0 Å². The second-order valence-corrected chi connectivity index (χ2v) is 9.41. The lowest BCUT2D eigenvalue weighted by molar-refractivity contribution is 0.394. The number of rotatable bonds is 1. The van der Waals surface area contributed by atoms with Crippen molar-refractivity contribution in [3.8, 4) is 12.1 Å². The number of anilines is 2. The first-order chi connectivity index (χ1) is 15.0. The van der Waals surface area contributed by atoms with E-state index in [1.54, 1.807) is 19.1 Å². The van der Waals surface area contributed by atoms with Gasteiger partial charge in [0.05, 0.1) is 16.8 Å². The molecular weight excluding hydrogens is 401 g/mol. The summed E-state index contributed by atoms with van der Waals surface area (Å²) < 4.78 is 15.3. The summed E-state index contributed by atoms with van der Waals surface area (Å²) in [4.78, 5) is 6.49. The van der Waals surface area contributed by atoms with Gasteiger partial charge < -0.3 is 10.6 Å². The van der Waals surface area contributed by atoms with Gasteiger partial charge in [0, 0.05) is 29.4 Å². The Labute approximate surface area is 188 Å². The van der Waals surface area contributed by atoms with Crippen LogP contribution in [0.3, 0.4) is 0 Å². The third kappa shape index (κ3) is 2.99. The van der Waals surface area contributed by atoms with E-state index in [0.717, 1.165) is 17.7 Å². The van der Waals surface area contributed by atoms with Gasteiger partial charge in [0.15, 0.2) is 0 Å². The second kappa shape index (κ2) is 7.21. The largest absolute Gasteiger partial charge is 0.383 e. The minimum Gasteiger partial charge on any atom is -0.383 e. The van der Waals surface area contributed by atoms with Crippen molar-refractivity contribution in [1.29, 1.82) is 10.5 Å². The molecule has 1 unspecified atom stereocenters. The van der Waals surface area contributed by atoms with Crippen LogP contribution in [0.4, 0.5) is 15.9 Å². The van der Waals surface area contributed by atoms with Crippen molar-refractivity contribution in [3.63, 3.8) is 0 Å². The number of nitrogen functional groups attached to an aromatic ring is 1. The molecule has 0 saturated carbocycles. The average molecular weight is 428 g/mol. The molecule has 2 N–H and O–H groups in total. The molecule has 1 aromatic carbocycles. The number of benzene rings is 1. The number of pyridine rings is 1. The van der Waals surface area contributed by atoms with Crippen LogP contribution in [0.15, 0.2) is 17.7 Å². The molecule has 4 rings (SSSR count). The van der Waals surface area contributed by atoms with E-state index in [0.29, 0.717) is 39.1 Å². The lowest BCUT2D eigenvalue weighted by atomic mass is 9.79. The maximum Gasteiger partial charge on any atom is 0.142 e. The van der Waals surface area contributed by atoms with E-state index < -0.39 is 0 Å². The first kappa shape index (κ1) is 21.6. The number of aromatic nitrogens is 1. The van der Waals surface area contributed by atoms with Gasteiger partial charge in [-0.05, 0) is 80.5 Å². The van der Waals surface area contributed by atoms with Gasteiger partial charge in [0.25, 0.3) is 0 Å². The Morgan fingerprint density at radius 2 is 1.94 bits per heavy atom. The van der Waals surface area contributed by atoms with Crippen LogP contribution in [0.1, 0.15) is 73.5 Å². The highest BCUT2D eigenvalue weighted by atomic mass is 19.1. The molecule has 0 fully saturated rings. The van der Waals surface area contributed by atoms with Gasteiger partial charge in [-0.2, -0.15) is 10.5 Å². The Hall–Kier alpha value is -3.64. The number of hydrogen-bond acceptors (Lipinski definition) is 5. The summed E-state index contributed by atoms with van der Waals surface area (Å²) in [5, 5.41) is 19.3. The van der Waals surface area contributed by atoms with E-state index >= 15 is 4.39 Å². The van der Waals surface area contributed by atoms with Crippen molar-refractivity contribution < 1.29 is 4.39 Å². The van der Waals surface area contributed by atoms with E-state index in [1.165, 1.54) is 0 Å². The number of halogens is 1. The van der Waals surface area contributed by atoms with Gasteiger partial charge in [-0.25, -0.2) is 9.37 Å². The quantitative estimate of drug-likeness (QED) is 0.644. The summed E-state index contributed by atoms with van der Waals surface area (Å²) in [6.45, 7) is 10.1. The Bertz CT molecular complexity index is 1320. The second-order valence-electron chi connectivity index (χ2n) is 9.41. The van der Waals surface area contributed by atoms with Gasteiger partial charge in [0.2, 0.25) is 0 Å². The Morgan fingerprint density at radius 3 is 2.56 bits per heavy atom. The van der Waals surface area contributed by atoms with Crippen molar-refractivity contribution >= 4 is 28.7 Å². The van der Waals surface area contributed by atoms with Gasteiger partial charge in [-0.1, -0.05) is 6.92 Å². The van der Waals surface area contributed by atoms with Crippen LogP contribution in [0, 0.1) is 35.4 Å². The number of nitrogens with zero attached hydrogens (tertiary/aromatic N) is 4. The molecule has 2 aromatic rings. The van der Waals surface area contributed by atoms with E-state index in [9.17, 15) is 10.5 Å². The van der Waals surface area contributed by atoms with Crippen molar-refractivity contribution in [1.82, 2.24) is 4.98 Å². The third-order valence-electron chi connectivity index (χ3n) is 7.04. The molecule has 0 amide bonds. The van der Waals surface area contributed by atoms with Crippen LogP contribution in [-0.4, -0.2) is 17.6 Å². The summed E-state index contributed by atoms with van der Waals surface area (Å²) in [6.07, 6.45) is 2.74. The molecule has 162 valence electrons. The monoisotopic (exact) mass is 427 g/mol.